The van der Waals surface area contributed by atoms with E-state index in [1.807, 2.05) is 43.3 Å². The predicted octanol–water partition coefficient (Wildman–Crippen LogP) is 1.82. The van der Waals surface area contributed by atoms with E-state index >= 15 is 0 Å². The van der Waals surface area contributed by atoms with Crippen LogP contribution in [0.3, 0.4) is 0 Å². The Morgan fingerprint density at radius 3 is 2.85 bits per heavy atom. The number of carbonyl (C=O) groups excluding carboxylic acids is 1. The highest BCUT2D eigenvalue weighted by Crippen LogP contribution is 2.13. The van der Waals surface area contributed by atoms with Crippen LogP contribution in [0, 0.1) is 0 Å². The molecule has 0 atom stereocenters. The van der Waals surface area contributed by atoms with Crippen LogP contribution >= 0.6 is 12.4 Å². The minimum atomic E-state index is -0.0110. The van der Waals surface area contributed by atoms with Crippen molar-refractivity contribution in [1.82, 2.24) is 10.6 Å². The van der Waals surface area contributed by atoms with Crippen LogP contribution in [0.4, 0.5) is 5.69 Å². The van der Waals surface area contributed by atoms with E-state index in [0.29, 0.717) is 12.1 Å². The lowest BCUT2D eigenvalue weighted by atomic mass is 10.1. The number of anilines is 1. The number of halogens is 1. The second-order valence-electron chi connectivity index (χ2n) is 4.94. The van der Waals surface area contributed by atoms with Gasteiger partial charge >= 0.3 is 0 Å². The summed E-state index contributed by atoms with van der Waals surface area (Å²) >= 11 is 0. The highest BCUT2D eigenvalue weighted by Gasteiger charge is 2.08. The Bertz CT molecular complexity index is 486. The fourth-order valence-electron chi connectivity index (χ4n) is 2.05. The smallest absolute Gasteiger partial charge is 0.251 e. The molecule has 20 heavy (non-hydrogen) atoms. The van der Waals surface area contributed by atoms with Crippen molar-refractivity contribution in [2.75, 3.05) is 38.6 Å². The maximum Gasteiger partial charge on any atom is 0.251 e. The zero-order valence-corrected chi connectivity index (χ0v) is 12.8. The molecule has 1 amide bonds. The third-order valence-electron chi connectivity index (χ3n) is 3.26. The van der Waals surface area contributed by atoms with Gasteiger partial charge in [-0.1, -0.05) is 17.7 Å². The highest BCUT2D eigenvalue weighted by molar-refractivity contribution is 5.95. The molecule has 110 valence electrons. The fraction of sp³-hybridized carbons (Fsp3) is 0.400. The molecule has 0 aliphatic carbocycles. The van der Waals surface area contributed by atoms with Crippen LogP contribution in [-0.2, 0) is 0 Å². The second kappa shape index (κ2) is 7.92. The normalized spacial score (nSPS) is 14.0. The van der Waals surface area contributed by atoms with Crippen LogP contribution < -0.4 is 15.5 Å². The highest BCUT2D eigenvalue weighted by atomic mass is 35.5. The average molecular weight is 296 g/mol. The number of hydrogen-bond acceptors (Lipinski definition) is 3. The Balaban J connectivity index is 0.00000200. The van der Waals surface area contributed by atoms with E-state index in [1.54, 1.807) is 0 Å². The number of carbonyl (C=O) groups is 1. The molecule has 1 aliphatic heterocycles. The van der Waals surface area contributed by atoms with Gasteiger partial charge in [-0.25, -0.2) is 0 Å². The van der Waals surface area contributed by atoms with E-state index in [-0.39, 0.29) is 18.3 Å². The largest absolute Gasteiger partial charge is 0.378 e. The van der Waals surface area contributed by atoms with E-state index in [9.17, 15) is 4.79 Å². The molecule has 2 rings (SSSR count). The van der Waals surface area contributed by atoms with Gasteiger partial charge in [0, 0.05) is 38.4 Å². The van der Waals surface area contributed by atoms with Gasteiger partial charge < -0.3 is 15.5 Å². The molecule has 1 aromatic rings. The first-order valence-electron chi connectivity index (χ1n) is 6.61. The summed E-state index contributed by atoms with van der Waals surface area (Å²) in [6.45, 7) is 2.55. The Kier molecular flexibility index (Phi) is 6.55. The third kappa shape index (κ3) is 4.54. The Morgan fingerprint density at radius 2 is 2.20 bits per heavy atom. The molecule has 0 aromatic heterocycles. The zero-order valence-electron chi connectivity index (χ0n) is 12.0. The Labute approximate surface area is 126 Å². The van der Waals surface area contributed by atoms with Crippen LogP contribution in [0.1, 0.15) is 16.8 Å². The maximum atomic E-state index is 12.1. The van der Waals surface area contributed by atoms with Gasteiger partial charge in [0.2, 0.25) is 0 Å². The van der Waals surface area contributed by atoms with Crippen LogP contribution in [0.15, 0.2) is 35.9 Å². The Morgan fingerprint density at radius 1 is 1.40 bits per heavy atom. The molecule has 1 aromatic carbocycles. The SMILES string of the molecule is CN(C)c1cccc(C(=O)NCC2=CCNCC2)c1.Cl. The summed E-state index contributed by atoms with van der Waals surface area (Å²) in [7, 11) is 3.94. The van der Waals surface area contributed by atoms with Crippen LogP contribution in [0.25, 0.3) is 0 Å². The van der Waals surface area contributed by atoms with Crippen LogP contribution in [0.2, 0.25) is 0 Å². The fourth-order valence-corrected chi connectivity index (χ4v) is 2.05. The second-order valence-corrected chi connectivity index (χ2v) is 4.94. The van der Waals surface area contributed by atoms with Gasteiger partial charge in [-0.05, 0) is 31.2 Å². The zero-order chi connectivity index (χ0) is 13.7. The molecule has 0 saturated heterocycles. The quantitative estimate of drug-likeness (QED) is 0.833. The molecular formula is C15H22ClN3O. The van der Waals surface area contributed by atoms with E-state index in [4.69, 9.17) is 0 Å². The number of amides is 1. The molecule has 0 fully saturated rings. The third-order valence-corrected chi connectivity index (χ3v) is 3.26. The number of nitrogens with zero attached hydrogens (tertiary/aromatic N) is 1. The average Bonchev–Trinajstić information content (AvgIpc) is 2.46. The summed E-state index contributed by atoms with van der Waals surface area (Å²) in [5.74, 6) is -0.0110. The summed E-state index contributed by atoms with van der Waals surface area (Å²) in [5.41, 5.74) is 3.05. The Hall–Kier alpha value is -1.52. The van der Waals surface area contributed by atoms with Crippen molar-refractivity contribution < 1.29 is 4.79 Å². The van der Waals surface area contributed by atoms with Gasteiger partial charge in [-0.2, -0.15) is 0 Å². The molecule has 0 bridgehead atoms. The first kappa shape index (κ1) is 16.5. The molecule has 1 aliphatic rings. The van der Waals surface area contributed by atoms with Crippen molar-refractivity contribution in [3.05, 3.63) is 41.5 Å². The number of benzene rings is 1. The van der Waals surface area contributed by atoms with Crippen LogP contribution in [0.5, 0.6) is 0 Å². The molecule has 0 saturated carbocycles. The lowest BCUT2D eigenvalue weighted by Crippen LogP contribution is -2.29. The lowest BCUT2D eigenvalue weighted by molar-refractivity contribution is 0.0956. The van der Waals surface area contributed by atoms with E-state index in [0.717, 1.165) is 25.2 Å². The number of hydrogen-bond donors (Lipinski definition) is 2. The van der Waals surface area contributed by atoms with Gasteiger partial charge in [-0.15, -0.1) is 12.4 Å². The molecule has 2 N–H and O–H groups in total. The minimum absolute atomic E-state index is 0. The van der Waals surface area contributed by atoms with Crippen molar-refractivity contribution in [2.45, 2.75) is 6.42 Å². The van der Waals surface area contributed by atoms with Gasteiger partial charge in [0.25, 0.3) is 5.91 Å². The van der Waals surface area contributed by atoms with Crippen molar-refractivity contribution in [1.29, 1.82) is 0 Å². The first-order valence-corrected chi connectivity index (χ1v) is 6.61. The molecule has 5 heteroatoms. The molecular weight excluding hydrogens is 274 g/mol. The van der Waals surface area contributed by atoms with Crippen molar-refractivity contribution in [2.24, 2.45) is 0 Å². The van der Waals surface area contributed by atoms with Crippen molar-refractivity contribution >= 4 is 24.0 Å². The number of rotatable bonds is 4. The number of nitrogens with one attached hydrogen (secondary N) is 2. The minimum Gasteiger partial charge on any atom is -0.378 e. The summed E-state index contributed by atoms with van der Waals surface area (Å²) in [6, 6.07) is 7.66. The molecule has 0 radical (unpaired) electrons. The first-order chi connectivity index (χ1) is 9.16. The maximum absolute atomic E-state index is 12.1. The monoisotopic (exact) mass is 295 g/mol. The van der Waals surface area contributed by atoms with Crippen LogP contribution in [-0.4, -0.2) is 39.6 Å². The summed E-state index contributed by atoms with van der Waals surface area (Å²) in [6.07, 6.45) is 3.16. The standard InChI is InChI=1S/C15H21N3O.ClH/c1-18(2)14-5-3-4-13(10-14)15(19)17-11-12-6-8-16-9-7-12;/h3-6,10,16H,7-9,11H2,1-2H3,(H,17,19);1H. The molecule has 0 spiro atoms. The van der Waals surface area contributed by atoms with E-state index in [2.05, 4.69) is 16.7 Å². The van der Waals surface area contributed by atoms with E-state index < -0.39 is 0 Å². The van der Waals surface area contributed by atoms with Gasteiger partial charge in [0.15, 0.2) is 0 Å². The van der Waals surface area contributed by atoms with Gasteiger partial charge in [0.05, 0.1) is 0 Å². The van der Waals surface area contributed by atoms with Crippen molar-refractivity contribution in [3.63, 3.8) is 0 Å². The lowest BCUT2D eigenvalue weighted by Gasteiger charge is -2.16. The predicted molar refractivity (Wildman–Crippen MR) is 85.9 cm³/mol. The van der Waals surface area contributed by atoms with Gasteiger partial charge in [0.1, 0.15) is 0 Å². The van der Waals surface area contributed by atoms with Crippen molar-refractivity contribution in [3.8, 4) is 0 Å². The summed E-state index contributed by atoms with van der Waals surface area (Å²) in [5, 5.41) is 6.24. The molecule has 4 nitrogen and oxygen atoms in total. The van der Waals surface area contributed by atoms with E-state index in [1.165, 1.54) is 5.57 Å². The topological polar surface area (TPSA) is 44.4 Å². The summed E-state index contributed by atoms with van der Waals surface area (Å²) < 4.78 is 0. The molecule has 1 heterocycles. The molecule has 0 unspecified atom stereocenters. The van der Waals surface area contributed by atoms with Gasteiger partial charge in [-0.3, -0.25) is 4.79 Å². The summed E-state index contributed by atoms with van der Waals surface area (Å²) in [4.78, 5) is 14.1.